The Morgan fingerprint density at radius 1 is 0.667 bits per heavy atom. The molecule has 2 N–H and O–H groups in total. The predicted octanol–water partition coefficient (Wildman–Crippen LogP) is 4.89. The summed E-state index contributed by atoms with van der Waals surface area (Å²) in [5.74, 6) is 0.611. The number of carbonyl (C=O) groups excluding carboxylic acids is 2. The van der Waals surface area contributed by atoms with Crippen LogP contribution in [0.4, 0.5) is 0 Å². The molecule has 0 fully saturated rings. The van der Waals surface area contributed by atoms with Gasteiger partial charge in [-0.15, -0.1) is 0 Å². The van der Waals surface area contributed by atoms with Gasteiger partial charge in [0.05, 0.1) is 0 Å². The van der Waals surface area contributed by atoms with Gasteiger partial charge in [-0.3, -0.25) is 9.59 Å². The van der Waals surface area contributed by atoms with Crippen LogP contribution < -0.4 is 10.6 Å². The van der Waals surface area contributed by atoms with E-state index in [-0.39, 0.29) is 11.8 Å². The molecular formula is C26H32N2O2. The van der Waals surface area contributed by atoms with Crippen molar-refractivity contribution in [2.75, 3.05) is 13.1 Å². The zero-order valence-electron chi connectivity index (χ0n) is 18.3. The molecule has 0 bridgehead atoms. The highest BCUT2D eigenvalue weighted by molar-refractivity contribution is 5.92. The first-order valence-electron chi connectivity index (χ1n) is 10.5. The Labute approximate surface area is 180 Å². The first kappa shape index (κ1) is 23.1. The molecule has 4 nitrogen and oxygen atoms in total. The Morgan fingerprint density at radius 2 is 1.00 bits per heavy atom. The third kappa shape index (κ3) is 8.08. The maximum Gasteiger partial charge on any atom is 0.244 e. The van der Waals surface area contributed by atoms with E-state index in [1.165, 1.54) is 23.3 Å². The van der Waals surface area contributed by atoms with Gasteiger partial charge in [-0.05, 0) is 46.2 Å². The van der Waals surface area contributed by atoms with Gasteiger partial charge in [0.25, 0.3) is 0 Å². The summed E-state index contributed by atoms with van der Waals surface area (Å²) in [6, 6.07) is 16.3. The lowest BCUT2D eigenvalue weighted by molar-refractivity contribution is -0.118. The lowest BCUT2D eigenvalue weighted by Gasteiger charge is -2.05. The highest BCUT2D eigenvalue weighted by atomic mass is 16.2. The molecule has 2 aromatic carbocycles. The Hall–Kier alpha value is -3.14. The maximum atomic E-state index is 11.9. The molecule has 0 spiro atoms. The van der Waals surface area contributed by atoms with Crippen molar-refractivity contribution in [3.8, 4) is 0 Å². The SMILES string of the molecule is CC(C)c1ccc(/C=C\C(=O)NCCNC(=O)/C=C/c2ccc(C(C)C)cc2)cc1. The van der Waals surface area contributed by atoms with Crippen molar-refractivity contribution in [3.63, 3.8) is 0 Å². The first-order valence-corrected chi connectivity index (χ1v) is 10.5. The van der Waals surface area contributed by atoms with Crippen molar-refractivity contribution in [1.82, 2.24) is 10.6 Å². The molecule has 158 valence electrons. The zero-order chi connectivity index (χ0) is 21.9. The Bertz CT molecular complexity index is 801. The van der Waals surface area contributed by atoms with Gasteiger partial charge in [0.1, 0.15) is 0 Å². The highest BCUT2D eigenvalue weighted by Gasteiger charge is 2.00. The van der Waals surface area contributed by atoms with E-state index in [0.717, 1.165) is 11.1 Å². The molecule has 0 aliphatic heterocycles. The second-order valence-corrected chi connectivity index (χ2v) is 7.89. The highest BCUT2D eigenvalue weighted by Crippen LogP contribution is 2.16. The third-order valence-electron chi connectivity index (χ3n) is 4.78. The summed E-state index contributed by atoms with van der Waals surface area (Å²) in [6.07, 6.45) is 6.58. The lowest BCUT2D eigenvalue weighted by atomic mass is 10.0. The molecule has 4 heteroatoms. The number of rotatable bonds is 9. The summed E-state index contributed by atoms with van der Waals surface area (Å²) in [7, 11) is 0. The van der Waals surface area contributed by atoms with Gasteiger partial charge in [0, 0.05) is 25.2 Å². The van der Waals surface area contributed by atoms with Crippen LogP contribution in [0, 0.1) is 0 Å². The van der Waals surface area contributed by atoms with E-state index in [2.05, 4.69) is 62.6 Å². The summed E-state index contributed by atoms with van der Waals surface area (Å²) < 4.78 is 0. The molecule has 0 radical (unpaired) electrons. The standard InChI is InChI=1S/C26H32N2O2/c1-19(2)23-11-5-21(6-12-23)9-15-25(29)27-17-18-28-26(30)16-10-22-7-13-24(14-8-22)20(3)4/h5-16,19-20H,17-18H2,1-4H3,(H,27,29)(H,28,30)/b15-9-,16-10+. The minimum absolute atomic E-state index is 0.182. The van der Waals surface area contributed by atoms with Gasteiger partial charge in [-0.1, -0.05) is 76.2 Å². The van der Waals surface area contributed by atoms with Crippen LogP contribution in [0.5, 0.6) is 0 Å². The second kappa shape index (κ2) is 11.8. The summed E-state index contributed by atoms with van der Waals surface area (Å²) in [4.78, 5) is 23.8. The number of hydrogen-bond acceptors (Lipinski definition) is 2. The van der Waals surface area contributed by atoms with Gasteiger partial charge >= 0.3 is 0 Å². The third-order valence-corrected chi connectivity index (χ3v) is 4.78. The van der Waals surface area contributed by atoms with Crippen LogP contribution in [-0.2, 0) is 9.59 Å². The average molecular weight is 405 g/mol. The van der Waals surface area contributed by atoms with Gasteiger partial charge < -0.3 is 10.6 Å². The van der Waals surface area contributed by atoms with Crippen LogP contribution in [0.2, 0.25) is 0 Å². The number of carbonyl (C=O) groups is 2. The van der Waals surface area contributed by atoms with Crippen molar-refractivity contribution in [1.29, 1.82) is 0 Å². The molecular weight excluding hydrogens is 372 g/mol. The molecule has 0 atom stereocenters. The van der Waals surface area contributed by atoms with Crippen LogP contribution in [0.15, 0.2) is 60.7 Å². The molecule has 0 aliphatic rings. The second-order valence-electron chi connectivity index (χ2n) is 7.89. The summed E-state index contributed by atoms with van der Waals surface area (Å²) in [6.45, 7) is 9.35. The van der Waals surface area contributed by atoms with Gasteiger partial charge in [-0.25, -0.2) is 0 Å². The van der Waals surface area contributed by atoms with Crippen molar-refractivity contribution in [2.45, 2.75) is 39.5 Å². The van der Waals surface area contributed by atoms with E-state index in [1.54, 1.807) is 12.2 Å². The van der Waals surface area contributed by atoms with E-state index in [4.69, 9.17) is 0 Å². The molecule has 2 rings (SSSR count). The summed E-state index contributed by atoms with van der Waals surface area (Å²) >= 11 is 0. The summed E-state index contributed by atoms with van der Waals surface area (Å²) in [5, 5.41) is 5.53. The molecule has 2 aromatic rings. The number of benzene rings is 2. The molecule has 0 saturated heterocycles. The Balaban J connectivity index is 1.68. The Kier molecular flexibility index (Phi) is 9.07. The van der Waals surface area contributed by atoms with Crippen molar-refractivity contribution in [3.05, 3.63) is 82.9 Å². The van der Waals surface area contributed by atoms with Gasteiger partial charge in [0.2, 0.25) is 11.8 Å². The minimum Gasteiger partial charge on any atom is -0.351 e. The molecule has 0 aromatic heterocycles. The van der Waals surface area contributed by atoms with E-state index in [9.17, 15) is 9.59 Å². The van der Waals surface area contributed by atoms with Gasteiger partial charge in [-0.2, -0.15) is 0 Å². The van der Waals surface area contributed by atoms with Crippen LogP contribution >= 0.6 is 0 Å². The quantitative estimate of drug-likeness (QED) is 0.462. The fourth-order valence-electron chi connectivity index (χ4n) is 2.82. The predicted molar refractivity (Wildman–Crippen MR) is 125 cm³/mol. The normalized spacial score (nSPS) is 11.5. The molecule has 0 heterocycles. The fourth-order valence-corrected chi connectivity index (χ4v) is 2.82. The van der Waals surface area contributed by atoms with Crippen molar-refractivity contribution in [2.24, 2.45) is 0 Å². The fraction of sp³-hybridized carbons (Fsp3) is 0.308. The summed E-state index contributed by atoms with van der Waals surface area (Å²) in [5.41, 5.74) is 4.51. The average Bonchev–Trinajstić information content (AvgIpc) is 2.74. The van der Waals surface area contributed by atoms with E-state index >= 15 is 0 Å². The molecule has 0 saturated carbocycles. The Morgan fingerprint density at radius 3 is 1.30 bits per heavy atom. The van der Waals surface area contributed by atoms with Crippen molar-refractivity contribution >= 4 is 24.0 Å². The lowest BCUT2D eigenvalue weighted by Crippen LogP contribution is -2.33. The van der Waals surface area contributed by atoms with E-state index in [0.29, 0.717) is 24.9 Å². The first-order chi connectivity index (χ1) is 14.3. The zero-order valence-corrected chi connectivity index (χ0v) is 18.3. The molecule has 0 aliphatic carbocycles. The van der Waals surface area contributed by atoms with Crippen LogP contribution in [-0.4, -0.2) is 24.9 Å². The minimum atomic E-state index is -0.182. The number of hydrogen-bond donors (Lipinski definition) is 2. The topological polar surface area (TPSA) is 58.2 Å². The number of nitrogens with one attached hydrogen (secondary N) is 2. The largest absolute Gasteiger partial charge is 0.351 e. The van der Waals surface area contributed by atoms with Gasteiger partial charge in [0.15, 0.2) is 0 Å². The molecule has 30 heavy (non-hydrogen) atoms. The van der Waals surface area contributed by atoms with Crippen LogP contribution in [0.1, 0.15) is 61.8 Å². The van der Waals surface area contributed by atoms with Crippen molar-refractivity contribution < 1.29 is 9.59 Å². The van der Waals surface area contributed by atoms with E-state index < -0.39 is 0 Å². The van der Waals surface area contributed by atoms with Crippen LogP contribution in [0.3, 0.4) is 0 Å². The number of amides is 2. The molecule has 0 unspecified atom stereocenters. The maximum absolute atomic E-state index is 11.9. The van der Waals surface area contributed by atoms with Crippen LogP contribution in [0.25, 0.3) is 12.2 Å². The monoisotopic (exact) mass is 404 g/mol. The van der Waals surface area contributed by atoms with E-state index in [1.807, 2.05) is 24.3 Å². The smallest absolute Gasteiger partial charge is 0.244 e. The molecule has 2 amide bonds.